The summed E-state index contributed by atoms with van der Waals surface area (Å²) >= 11 is 0. The average molecular weight is 525 g/mol. The van der Waals surface area contributed by atoms with E-state index >= 15 is 0 Å². The second kappa shape index (κ2) is 8.61. The number of nitrogens with zero attached hydrogens (tertiary/aromatic N) is 2. The van der Waals surface area contributed by atoms with Gasteiger partial charge in [0.05, 0.1) is 11.4 Å². The van der Waals surface area contributed by atoms with Crippen LogP contribution in [0.1, 0.15) is 17.7 Å². The molecule has 41 heavy (non-hydrogen) atoms. The van der Waals surface area contributed by atoms with Crippen molar-refractivity contribution in [2.45, 2.75) is 12.8 Å². The molecule has 0 aliphatic heterocycles. The number of fused-ring (bicyclic) bond motifs is 10. The number of allylic oxidation sites excluding steroid dienone is 1. The van der Waals surface area contributed by atoms with Crippen molar-refractivity contribution in [1.29, 1.82) is 0 Å². The van der Waals surface area contributed by atoms with E-state index < -0.39 is 0 Å². The van der Waals surface area contributed by atoms with Crippen LogP contribution in [0.4, 0.5) is 0 Å². The van der Waals surface area contributed by atoms with Crippen molar-refractivity contribution in [1.82, 2.24) is 9.97 Å². The number of benzene rings is 6. The van der Waals surface area contributed by atoms with E-state index in [9.17, 15) is 0 Å². The smallest absolute Gasteiger partial charge is 0.160 e. The van der Waals surface area contributed by atoms with Gasteiger partial charge in [-0.3, -0.25) is 0 Å². The molecule has 0 bridgehead atoms. The molecule has 2 aromatic heterocycles. The lowest BCUT2D eigenvalue weighted by Gasteiger charge is -2.17. The summed E-state index contributed by atoms with van der Waals surface area (Å²) in [6.07, 6.45) is 6.34. The Morgan fingerprint density at radius 3 is 2.07 bits per heavy atom. The average Bonchev–Trinajstić information content (AvgIpc) is 3.41. The van der Waals surface area contributed by atoms with Gasteiger partial charge in [0.15, 0.2) is 5.82 Å². The zero-order valence-electron chi connectivity index (χ0n) is 22.3. The molecule has 192 valence electrons. The Kier molecular flexibility index (Phi) is 4.73. The summed E-state index contributed by atoms with van der Waals surface area (Å²) in [5.41, 5.74) is 7.27. The molecule has 0 radical (unpaired) electrons. The molecule has 0 amide bonds. The standard InChI is InChI=1S/C38H24N2O/c1-2-10-23(11-3-1)37-29-15-6-8-16-34(29)39-38(40-37)24-18-19-27-30(20-24)25-12-4-5-13-26(25)31-21-33-28-14-7-9-17-35(28)41-36(33)22-32(27)31/h1-5,7-14,16-22H,6,15H2. The van der Waals surface area contributed by atoms with E-state index in [0.29, 0.717) is 0 Å². The lowest BCUT2D eigenvalue weighted by molar-refractivity contribution is 0.669. The number of para-hydroxylation sites is 1. The van der Waals surface area contributed by atoms with Crippen LogP contribution in [0, 0.1) is 0 Å². The van der Waals surface area contributed by atoms with Crippen LogP contribution in [0.25, 0.3) is 83.0 Å². The molecular weight excluding hydrogens is 500 g/mol. The normalized spacial score (nSPS) is 13.1. The molecule has 3 nitrogen and oxygen atoms in total. The van der Waals surface area contributed by atoms with Crippen LogP contribution in [0.3, 0.4) is 0 Å². The van der Waals surface area contributed by atoms with Gasteiger partial charge in [0.2, 0.25) is 0 Å². The van der Waals surface area contributed by atoms with Crippen LogP contribution in [0.5, 0.6) is 0 Å². The van der Waals surface area contributed by atoms with Gasteiger partial charge in [0.25, 0.3) is 0 Å². The fraction of sp³-hybridized carbons (Fsp3) is 0.0526. The molecule has 0 saturated carbocycles. The van der Waals surface area contributed by atoms with E-state index in [-0.39, 0.29) is 0 Å². The molecule has 8 aromatic rings. The quantitative estimate of drug-likeness (QED) is 0.211. The third-order valence-corrected chi connectivity index (χ3v) is 8.52. The number of hydrogen-bond acceptors (Lipinski definition) is 3. The topological polar surface area (TPSA) is 38.9 Å². The molecule has 0 fully saturated rings. The first kappa shape index (κ1) is 22.5. The van der Waals surface area contributed by atoms with Gasteiger partial charge in [-0.15, -0.1) is 0 Å². The van der Waals surface area contributed by atoms with Gasteiger partial charge in [-0.1, -0.05) is 91.0 Å². The van der Waals surface area contributed by atoms with E-state index in [4.69, 9.17) is 14.4 Å². The summed E-state index contributed by atoms with van der Waals surface area (Å²) in [5, 5.41) is 9.58. The van der Waals surface area contributed by atoms with Gasteiger partial charge in [-0.25, -0.2) is 9.97 Å². The highest BCUT2D eigenvalue weighted by molar-refractivity contribution is 6.28. The summed E-state index contributed by atoms with van der Waals surface area (Å²) in [4.78, 5) is 10.3. The number of aromatic nitrogens is 2. The van der Waals surface area contributed by atoms with E-state index in [1.54, 1.807) is 0 Å². The molecule has 6 aromatic carbocycles. The Morgan fingerprint density at radius 2 is 1.22 bits per heavy atom. The van der Waals surface area contributed by atoms with Gasteiger partial charge in [-0.05, 0) is 75.5 Å². The Labute approximate surface area is 236 Å². The van der Waals surface area contributed by atoms with Crippen molar-refractivity contribution in [2.75, 3.05) is 0 Å². The fourth-order valence-corrected chi connectivity index (χ4v) is 6.58. The summed E-state index contributed by atoms with van der Waals surface area (Å²) in [5.74, 6) is 0.757. The molecule has 9 rings (SSSR count). The van der Waals surface area contributed by atoms with Crippen LogP contribution in [-0.4, -0.2) is 9.97 Å². The summed E-state index contributed by atoms with van der Waals surface area (Å²) < 4.78 is 6.30. The number of furan rings is 1. The maximum absolute atomic E-state index is 6.30. The molecule has 0 spiro atoms. The SMILES string of the molecule is C1=Cc2nc(-c3ccc4c(c3)c3ccccc3c3cc5c(cc43)oc3ccccc35)nc(-c3ccccc3)c2CC1. The largest absolute Gasteiger partial charge is 0.456 e. The summed E-state index contributed by atoms with van der Waals surface area (Å²) in [6, 6.07) is 38.7. The van der Waals surface area contributed by atoms with Crippen molar-refractivity contribution in [3.63, 3.8) is 0 Å². The molecule has 1 aliphatic carbocycles. The second-order valence-electron chi connectivity index (χ2n) is 10.9. The first-order chi connectivity index (χ1) is 20.3. The van der Waals surface area contributed by atoms with Crippen LogP contribution < -0.4 is 0 Å². The number of hydrogen-bond donors (Lipinski definition) is 0. The van der Waals surface area contributed by atoms with Crippen molar-refractivity contribution >= 4 is 60.3 Å². The third-order valence-electron chi connectivity index (χ3n) is 8.52. The van der Waals surface area contributed by atoms with Crippen LogP contribution in [0.2, 0.25) is 0 Å². The molecule has 0 atom stereocenters. The van der Waals surface area contributed by atoms with Gasteiger partial charge in [-0.2, -0.15) is 0 Å². The highest BCUT2D eigenvalue weighted by Crippen LogP contribution is 2.41. The van der Waals surface area contributed by atoms with Crippen molar-refractivity contribution in [3.8, 4) is 22.6 Å². The summed E-state index contributed by atoms with van der Waals surface area (Å²) in [7, 11) is 0. The Bertz CT molecular complexity index is 2360. The van der Waals surface area contributed by atoms with Crippen molar-refractivity contribution in [3.05, 3.63) is 127 Å². The van der Waals surface area contributed by atoms with Crippen molar-refractivity contribution in [2.24, 2.45) is 0 Å². The molecule has 1 aliphatic rings. The minimum absolute atomic E-state index is 0.757. The van der Waals surface area contributed by atoms with E-state index in [1.165, 1.54) is 37.9 Å². The van der Waals surface area contributed by atoms with Crippen LogP contribution in [-0.2, 0) is 6.42 Å². The Balaban J connectivity index is 1.33. The first-order valence-corrected chi connectivity index (χ1v) is 14.1. The predicted octanol–water partition coefficient (Wildman–Crippen LogP) is 10.1. The maximum Gasteiger partial charge on any atom is 0.160 e. The molecule has 3 heteroatoms. The lowest BCUT2D eigenvalue weighted by atomic mass is 9.92. The van der Waals surface area contributed by atoms with Gasteiger partial charge < -0.3 is 4.42 Å². The van der Waals surface area contributed by atoms with E-state index in [1.807, 2.05) is 12.1 Å². The summed E-state index contributed by atoms with van der Waals surface area (Å²) in [6.45, 7) is 0. The minimum atomic E-state index is 0.757. The third kappa shape index (κ3) is 3.39. The molecule has 0 N–H and O–H groups in total. The zero-order chi connectivity index (χ0) is 26.9. The van der Waals surface area contributed by atoms with E-state index in [2.05, 4.69) is 109 Å². The van der Waals surface area contributed by atoms with Gasteiger partial charge in [0.1, 0.15) is 11.2 Å². The van der Waals surface area contributed by atoms with Crippen molar-refractivity contribution < 1.29 is 4.42 Å². The molecule has 0 unspecified atom stereocenters. The molecule has 2 heterocycles. The monoisotopic (exact) mass is 524 g/mol. The highest BCUT2D eigenvalue weighted by atomic mass is 16.3. The minimum Gasteiger partial charge on any atom is -0.456 e. The first-order valence-electron chi connectivity index (χ1n) is 14.1. The lowest BCUT2D eigenvalue weighted by Crippen LogP contribution is -2.05. The van der Waals surface area contributed by atoms with E-state index in [0.717, 1.165) is 63.1 Å². The highest BCUT2D eigenvalue weighted by Gasteiger charge is 2.19. The molecule has 0 saturated heterocycles. The molecular formula is C38H24N2O. The van der Waals surface area contributed by atoms with Gasteiger partial charge in [0, 0.05) is 27.5 Å². The maximum atomic E-state index is 6.30. The number of rotatable bonds is 2. The zero-order valence-corrected chi connectivity index (χ0v) is 22.3. The predicted molar refractivity (Wildman–Crippen MR) is 170 cm³/mol. The fourth-order valence-electron chi connectivity index (χ4n) is 6.58. The second-order valence-corrected chi connectivity index (χ2v) is 10.9. The Hall–Kier alpha value is -5.28. The van der Waals surface area contributed by atoms with Gasteiger partial charge >= 0.3 is 0 Å². The Morgan fingerprint density at radius 1 is 0.512 bits per heavy atom. The van der Waals surface area contributed by atoms with Crippen LogP contribution >= 0.6 is 0 Å². The van der Waals surface area contributed by atoms with Crippen LogP contribution in [0.15, 0.2) is 120 Å².